The van der Waals surface area contributed by atoms with Crippen LogP contribution < -0.4 is 0 Å². The lowest BCUT2D eigenvalue weighted by atomic mass is 9.86. The van der Waals surface area contributed by atoms with Crippen LogP contribution in [0.25, 0.3) is 0 Å². The van der Waals surface area contributed by atoms with Crippen molar-refractivity contribution in [1.82, 2.24) is 0 Å². The summed E-state index contributed by atoms with van der Waals surface area (Å²) >= 11 is 1.36. The third kappa shape index (κ3) is 2.63. The molecule has 0 radical (unpaired) electrons. The minimum absolute atomic E-state index is 0.114. The lowest BCUT2D eigenvalue weighted by Gasteiger charge is -2.20. The van der Waals surface area contributed by atoms with Crippen LogP contribution in [0.5, 0.6) is 0 Å². The molecule has 1 N–H and O–H groups in total. The summed E-state index contributed by atoms with van der Waals surface area (Å²) in [6.07, 6.45) is 0. The van der Waals surface area contributed by atoms with Crippen molar-refractivity contribution in [3.8, 4) is 0 Å². The van der Waals surface area contributed by atoms with E-state index in [2.05, 4.69) is 32.9 Å². The Bertz CT molecular complexity index is 570. The highest BCUT2D eigenvalue weighted by atomic mass is 32.2. The maximum absolute atomic E-state index is 10.8. The monoisotopic (exact) mass is 274 g/mol. The van der Waals surface area contributed by atoms with E-state index < -0.39 is 0 Å². The molecule has 0 spiro atoms. The summed E-state index contributed by atoms with van der Waals surface area (Å²) in [6.45, 7) is 8.26. The maximum Gasteiger partial charge on any atom is 0.139 e. The molecule has 1 aliphatic heterocycles. The van der Waals surface area contributed by atoms with Gasteiger partial charge in [0.05, 0.1) is 10.2 Å². The largest absolute Gasteiger partial charge is 0.510 e. The van der Waals surface area contributed by atoms with E-state index in [1.807, 2.05) is 18.1 Å². The zero-order valence-electron chi connectivity index (χ0n) is 11.7. The normalized spacial score (nSPS) is 19.8. The number of benzene rings is 1. The summed E-state index contributed by atoms with van der Waals surface area (Å²) in [4.78, 5) is 11.3. The Morgan fingerprint density at radius 2 is 1.79 bits per heavy atom. The summed E-state index contributed by atoms with van der Waals surface area (Å²) in [5.74, 6) is 2.16. The third-order valence-electron chi connectivity index (χ3n) is 3.38. The second-order valence-corrected chi connectivity index (χ2v) is 6.93. The number of carbonyl (C=O) groups excluding carboxylic acids is 1. The van der Waals surface area contributed by atoms with E-state index in [1.165, 1.54) is 17.3 Å². The lowest BCUT2D eigenvalue weighted by Crippen LogP contribution is -2.10. The van der Waals surface area contributed by atoms with Crippen LogP contribution in [0, 0.1) is 0 Å². The molecule has 1 unspecified atom stereocenters. The molecule has 0 bridgehead atoms. The number of hydrogen-bond donors (Lipinski definition) is 1. The topological polar surface area (TPSA) is 37.3 Å². The van der Waals surface area contributed by atoms with Crippen LogP contribution >= 0.6 is 11.8 Å². The number of aliphatic hydroxyl groups is 1. The smallest absolute Gasteiger partial charge is 0.139 e. The van der Waals surface area contributed by atoms with Crippen LogP contribution in [-0.4, -0.2) is 11.0 Å². The molecule has 2 nitrogen and oxygen atoms in total. The predicted octanol–water partition coefficient (Wildman–Crippen LogP) is 4.32. The number of hydrogen-bond acceptors (Lipinski definition) is 3. The van der Waals surface area contributed by atoms with Gasteiger partial charge in [-0.2, -0.15) is 0 Å². The summed E-state index contributed by atoms with van der Waals surface area (Å²) in [6, 6.07) is 8.22. The van der Waals surface area contributed by atoms with Crippen molar-refractivity contribution in [1.29, 1.82) is 0 Å². The first-order valence-electron chi connectivity index (χ1n) is 6.27. The van der Waals surface area contributed by atoms with Gasteiger partial charge < -0.3 is 5.11 Å². The molecular formula is C16H18O2S. The highest BCUT2D eigenvalue weighted by Crippen LogP contribution is 2.48. The van der Waals surface area contributed by atoms with Crippen molar-refractivity contribution >= 4 is 17.7 Å². The van der Waals surface area contributed by atoms with E-state index in [9.17, 15) is 9.90 Å². The van der Waals surface area contributed by atoms with Gasteiger partial charge >= 0.3 is 0 Å². The SMILES string of the molecule is CC1=C(O)C(c2ccc(C(C)(C)C)cc2)SC1=C=O. The molecule has 2 rings (SSSR count). The quantitative estimate of drug-likeness (QED) is 0.775. The molecule has 1 heterocycles. The van der Waals surface area contributed by atoms with Gasteiger partial charge in [0.2, 0.25) is 0 Å². The summed E-state index contributed by atoms with van der Waals surface area (Å²) in [5.41, 5.74) is 3.03. The molecule has 100 valence electrons. The predicted molar refractivity (Wildman–Crippen MR) is 80.0 cm³/mol. The van der Waals surface area contributed by atoms with Crippen molar-refractivity contribution < 1.29 is 9.90 Å². The Morgan fingerprint density at radius 3 is 2.21 bits per heavy atom. The van der Waals surface area contributed by atoms with Crippen LogP contribution in [-0.2, 0) is 10.2 Å². The zero-order valence-corrected chi connectivity index (χ0v) is 12.5. The van der Waals surface area contributed by atoms with Gasteiger partial charge in [0.1, 0.15) is 11.7 Å². The molecule has 0 amide bonds. The molecule has 0 saturated carbocycles. The Hall–Kier alpha value is -1.44. The van der Waals surface area contributed by atoms with Crippen LogP contribution in [0.1, 0.15) is 44.1 Å². The van der Waals surface area contributed by atoms with Crippen molar-refractivity contribution in [2.75, 3.05) is 0 Å². The number of thioether (sulfide) groups is 1. The molecular weight excluding hydrogens is 256 g/mol. The molecule has 1 aliphatic rings. The van der Waals surface area contributed by atoms with Gasteiger partial charge in [-0.15, -0.1) is 0 Å². The maximum atomic E-state index is 10.8. The van der Waals surface area contributed by atoms with E-state index in [-0.39, 0.29) is 16.4 Å². The van der Waals surface area contributed by atoms with Gasteiger partial charge in [-0.05, 0) is 23.5 Å². The van der Waals surface area contributed by atoms with E-state index in [0.717, 1.165) is 5.56 Å². The first kappa shape index (κ1) is 14.0. The first-order chi connectivity index (χ1) is 8.84. The average Bonchev–Trinajstić information content (AvgIpc) is 2.65. The molecule has 1 aromatic rings. The zero-order chi connectivity index (χ0) is 14.2. The van der Waals surface area contributed by atoms with Gasteiger partial charge in [0.15, 0.2) is 0 Å². The van der Waals surface area contributed by atoms with Crippen LogP contribution in [0.15, 0.2) is 40.5 Å². The van der Waals surface area contributed by atoms with Gasteiger partial charge in [-0.25, -0.2) is 4.79 Å². The number of allylic oxidation sites excluding steroid dienone is 1. The molecule has 0 fully saturated rings. The van der Waals surface area contributed by atoms with Crippen molar-refractivity contribution in [3.63, 3.8) is 0 Å². The summed E-state index contributed by atoms with van der Waals surface area (Å²) < 4.78 is 0. The molecule has 1 atom stereocenters. The highest BCUT2D eigenvalue weighted by Gasteiger charge is 2.30. The molecule has 0 aliphatic carbocycles. The van der Waals surface area contributed by atoms with Crippen LogP contribution in [0.4, 0.5) is 0 Å². The minimum Gasteiger partial charge on any atom is -0.510 e. The Labute approximate surface area is 118 Å². The minimum atomic E-state index is -0.175. The van der Waals surface area contributed by atoms with Crippen molar-refractivity contribution in [2.24, 2.45) is 0 Å². The Morgan fingerprint density at radius 1 is 1.21 bits per heavy atom. The molecule has 0 saturated heterocycles. The molecule has 0 aromatic heterocycles. The van der Waals surface area contributed by atoms with E-state index in [0.29, 0.717) is 10.5 Å². The molecule has 19 heavy (non-hydrogen) atoms. The number of rotatable bonds is 1. The lowest BCUT2D eigenvalue weighted by molar-refractivity contribution is 0.393. The fraction of sp³-hybridized carbons (Fsp3) is 0.375. The van der Waals surface area contributed by atoms with Crippen LogP contribution in [0.3, 0.4) is 0 Å². The summed E-state index contributed by atoms with van der Waals surface area (Å²) in [5, 5.41) is 9.93. The fourth-order valence-corrected chi connectivity index (χ4v) is 3.21. The average molecular weight is 274 g/mol. The highest BCUT2D eigenvalue weighted by molar-refractivity contribution is 8.04. The van der Waals surface area contributed by atoms with Gasteiger partial charge in [-0.1, -0.05) is 56.8 Å². The Balaban J connectivity index is 2.33. The third-order valence-corrected chi connectivity index (χ3v) is 4.74. The van der Waals surface area contributed by atoms with Crippen molar-refractivity contribution in [3.05, 3.63) is 51.6 Å². The summed E-state index contributed by atoms with van der Waals surface area (Å²) in [7, 11) is 0. The second kappa shape index (κ2) is 4.92. The van der Waals surface area contributed by atoms with E-state index >= 15 is 0 Å². The second-order valence-electron chi connectivity index (χ2n) is 5.81. The fourth-order valence-electron chi connectivity index (χ4n) is 2.06. The number of aliphatic hydroxyl groups excluding tert-OH is 1. The van der Waals surface area contributed by atoms with Gasteiger partial charge in [-0.3, -0.25) is 0 Å². The standard InChI is InChI=1S/C16H18O2S/c1-10-13(9-17)19-15(14(10)18)11-5-7-12(8-6-11)16(2,3)4/h5-8,15,18H,1-4H3. The van der Waals surface area contributed by atoms with Crippen molar-refractivity contribution in [2.45, 2.75) is 38.4 Å². The molecule has 3 heteroatoms. The first-order valence-corrected chi connectivity index (χ1v) is 7.15. The Kier molecular flexibility index (Phi) is 3.62. The van der Waals surface area contributed by atoms with Gasteiger partial charge in [0, 0.05) is 5.57 Å². The molecule has 1 aromatic carbocycles. The van der Waals surface area contributed by atoms with Gasteiger partial charge in [0.25, 0.3) is 0 Å². The van der Waals surface area contributed by atoms with E-state index in [4.69, 9.17) is 0 Å². The van der Waals surface area contributed by atoms with Crippen LogP contribution in [0.2, 0.25) is 0 Å². The van der Waals surface area contributed by atoms with E-state index in [1.54, 1.807) is 6.92 Å².